The minimum atomic E-state index is -0.765. The summed E-state index contributed by atoms with van der Waals surface area (Å²) in [4.78, 5) is 36.3. The van der Waals surface area contributed by atoms with E-state index in [9.17, 15) is 14.4 Å². The number of amides is 3. The summed E-state index contributed by atoms with van der Waals surface area (Å²) in [5.41, 5.74) is 7.76. The smallest absolute Gasteiger partial charge is 0.294 e. The van der Waals surface area contributed by atoms with E-state index in [-0.39, 0.29) is 4.91 Å². The van der Waals surface area contributed by atoms with Gasteiger partial charge in [-0.05, 0) is 48.0 Å². The van der Waals surface area contributed by atoms with Gasteiger partial charge >= 0.3 is 0 Å². The second-order valence-corrected chi connectivity index (χ2v) is 7.94. The molecule has 0 spiro atoms. The molecule has 156 valence electrons. The summed E-state index contributed by atoms with van der Waals surface area (Å²) >= 11 is 7.11. The van der Waals surface area contributed by atoms with Gasteiger partial charge in [0.1, 0.15) is 13.2 Å². The average Bonchev–Trinajstić information content (AvgIpc) is 2.95. The van der Waals surface area contributed by atoms with Crippen LogP contribution in [0.15, 0.2) is 41.3 Å². The van der Waals surface area contributed by atoms with E-state index in [4.69, 9.17) is 26.8 Å². The van der Waals surface area contributed by atoms with Gasteiger partial charge in [-0.15, -0.1) is 0 Å². The van der Waals surface area contributed by atoms with Crippen LogP contribution in [0.2, 0.25) is 5.02 Å². The Morgan fingerprint density at radius 1 is 1.23 bits per heavy atom. The third-order valence-corrected chi connectivity index (χ3v) is 5.43. The minimum Gasteiger partial charge on any atom is -0.493 e. The molecule has 9 heteroatoms. The fourth-order valence-corrected chi connectivity index (χ4v) is 3.86. The molecule has 0 atom stereocenters. The van der Waals surface area contributed by atoms with E-state index < -0.39 is 23.6 Å². The molecular weight excluding hydrogens is 428 g/mol. The second-order valence-electron chi connectivity index (χ2n) is 6.54. The van der Waals surface area contributed by atoms with Crippen LogP contribution in [0.3, 0.4) is 0 Å². The fraction of sp³-hybridized carbons (Fsp3) is 0.190. The maximum atomic E-state index is 12.4. The molecule has 0 aliphatic carbocycles. The number of carbonyl (C=O) groups is 3. The summed E-state index contributed by atoms with van der Waals surface area (Å²) in [6.45, 7) is 1.85. The summed E-state index contributed by atoms with van der Waals surface area (Å²) in [5.74, 6) is -0.590. The van der Waals surface area contributed by atoms with Crippen molar-refractivity contribution in [2.45, 2.75) is 13.5 Å². The Morgan fingerprint density at radius 3 is 2.57 bits per heavy atom. The summed E-state index contributed by atoms with van der Waals surface area (Å²) in [6, 6.07) is 11.2. The van der Waals surface area contributed by atoms with E-state index in [0.29, 0.717) is 28.7 Å². The van der Waals surface area contributed by atoms with Gasteiger partial charge in [-0.2, -0.15) is 0 Å². The molecule has 1 aliphatic heterocycles. The summed E-state index contributed by atoms with van der Waals surface area (Å²) < 4.78 is 11.2. The topological polar surface area (TPSA) is 98.9 Å². The lowest BCUT2D eigenvalue weighted by molar-refractivity contribution is -0.127. The van der Waals surface area contributed by atoms with Gasteiger partial charge < -0.3 is 15.2 Å². The van der Waals surface area contributed by atoms with Gasteiger partial charge in [-0.3, -0.25) is 19.3 Å². The number of nitrogens with two attached hydrogens (primary N) is 1. The van der Waals surface area contributed by atoms with Crippen LogP contribution >= 0.6 is 23.4 Å². The summed E-state index contributed by atoms with van der Waals surface area (Å²) in [6.07, 6.45) is 1.50. The Bertz CT molecular complexity index is 1040. The van der Waals surface area contributed by atoms with Crippen molar-refractivity contribution in [2.75, 3.05) is 13.7 Å². The van der Waals surface area contributed by atoms with Gasteiger partial charge in [0.2, 0.25) is 5.91 Å². The van der Waals surface area contributed by atoms with E-state index in [1.165, 1.54) is 13.2 Å². The molecule has 1 fully saturated rings. The van der Waals surface area contributed by atoms with Crippen LogP contribution in [0.4, 0.5) is 4.79 Å². The Morgan fingerprint density at radius 2 is 1.93 bits per heavy atom. The monoisotopic (exact) mass is 446 g/mol. The predicted octanol–water partition coefficient (Wildman–Crippen LogP) is 3.76. The molecule has 30 heavy (non-hydrogen) atoms. The fourth-order valence-electron chi connectivity index (χ4n) is 2.75. The third kappa shape index (κ3) is 4.95. The van der Waals surface area contributed by atoms with E-state index in [1.54, 1.807) is 12.1 Å². The highest BCUT2D eigenvalue weighted by Crippen LogP contribution is 2.39. The van der Waals surface area contributed by atoms with Crippen molar-refractivity contribution in [3.8, 4) is 11.5 Å². The third-order valence-electron chi connectivity index (χ3n) is 4.24. The number of halogens is 1. The lowest BCUT2D eigenvalue weighted by Crippen LogP contribution is -2.36. The van der Waals surface area contributed by atoms with Crippen molar-refractivity contribution in [2.24, 2.45) is 5.73 Å². The minimum absolute atomic E-state index is 0.160. The van der Waals surface area contributed by atoms with Crippen molar-refractivity contribution >= 4 is 46.5 Å². The molecule has 3 amide bonds. The Hall–Kier alpha value is -2.97. The van der Waals surface area contributed by atoms with Crippen LogP contribution in [0.25, 0.3) is 6.08 Å². The van der Waals surface area contributed by atoms with Crippen molar-refractivity contribution in [1.29, 1.82) is 0 Å². The van der Waals surface area contributed by atoms with Crippen molar-refractivity contribution < 1.29 is 23.9 Å². The van der Waals surface area contributed by atoms with Crippen LogP contribution in [-0.4, -0.2) is 35.6 Å². The zero-order valence-electron chi connectivity index (χ0n) is 16.3. The van der Waals surface area contributed by atoms with Crippen LogP contribution in [0.1, 0.15) is 16.7 Å². The maximum Gasteiger partial charge on any atom is 0.294 e. The highest BCUT2D eigenvalue weighted by molar-refractivity contribution is 8.18. The molecule has 7 nitrogen and oxygen atoms in total. The number of benzene rings is 2. The van der Waals surface area contributed by atoms with Gasteiger partial charge in [-0.25, -0.2) is 0 Å². The zero-order valence-corrected chi connectivity index (χ0v) is 17.9. The number of carbonyl (C=O) groups excluding carboxylic acids is 3. The first-order chi connectivity index (χ1) is 14.3. The van der Waals surface area contributed by atoms with Crippen molar-refractivity contribution in [3.63, 3.8) is 0 Å². The number of ether oxygens (including phenoxy) is 2. The highest BCUT2D eigenvalue weighted by atomic mass is 35.5. The van der Waals surface area contributed by atoms with Gasteiger partial charge in [0.15, 0.2) is 11.5 Å². The first kappa shape index (κ1) is 21.7. The number of hydrogen-bond acceptors (Lipinski definition) is 6. The Labute approximate surface area is 182 Å². The summed E-state index contributed by atoms with van der Waals surface area (Å²) in [5, 5.41) is -0.259. The van der Waals surface area contributed by atoms with Crippen molar-refractivity contribution in [3.05, 3.63) is 63.0 Å². The largest absolute Gasteiger partial charge is 0.493 e. The second kappa shape index (κ2) is 9.23. The molecule has 2 aromatic carbocycles. The molecule has 1 saturated heterocycles. The van der Waals surface area contributed by atoms with E-state index in [2.05, 4.69) is 0 Å². The first-order valence-corrected chi connectivity index (χ1v) is 10.1. The van der Waals surface area contributed by atoms with Crippen LogP contribution < -0.4 is 15.2 Å². The van der Waals surface area contributed by atoms with Gasteiger partial charge in [0.05, 0.1) is 17.0 Å². The molecule has 0 aromatic heterocycles. The average molecular weight is 447 g/mol. The van der Waals surface area contributed by atoms with Gasteiger partial charge in [-0.1, -0.05) is 41.4 Å². The lowest BCUT2D eigenvalue weighted by Gasteiger charge is -2.14. The molecule has 0 bridgehead atoms. The standard InChI is InChI=1S/C21H19ClN2O5S/c1-12-3-5-13(6-4-12)11-29-19-15(22)7-14(8-16(19)28-2)9-17-20(26)24(10-18(23)25)21(27)30-17/h3-9H,10-11H2,1-2H3,(H2,23,25)/b17-9-. The molecule has 0 radical (unpaired) electrons. The molecule has 1 aliphatic rings. The van der Waals surface area contributed by atoms with Crippen LogP contribution in [-0.2, 0) is 16.2 Å². The summed E-state index contributed by atoms with van der Waals surface area (Å²) in [7, 11) is 1.48. The van der Waals surface area contributed by atoms with Gasteiger partial charge in [0.25, 0.3) is 11.1 Å². The van der Waals surface area contributed by atoms with E-state index in [1.807, 2.05) is 31.2 Å². The number of thioether (sulfide) groups is 1. The van der Waals surface area contributed by atoms with Crippen LogP contribution in [0.5, 0.6) is 11.5 Å². The highest BCUT2D eigenvalue weighted by Gasteiger charge is 2.35. The number of nitrogens with zero attached hydrogens (tertiary/aromatic N) is 1. The van der Waals surface area contributed by atoms with Crippen LogP contribution in [0, 0.1) is 6.92 Å². The van der Waals surface area contributed by atoms with Crippen molar-refractivity contribution in [1.82, 2.24) is 4.90 Å². The zero-order chi connectivity index (χ0) is 21.8. The Balaban J connectivity index is 1.82. The molecule has 1 heterocycles. The molecule has 0 saturated carbocycles. The number of hydrogen-bond donors (Lipinski definition) is 1. The lowest BCUT2D eigenvalue weighted by atomic mass is 10.1. The van der Waals surface area contributed by atoms with E-state index >= 15 is 0 Å². The number of aryl methyl sites for hydroxylation is 1. The quantitative estimate of drug-likeness (QED) is 0.650. The maximum absolute atomic E-state index is 12.4. The molecule has 0 unspecified atom stereocenters. The molecular formula is C21H19ClN2O5S. The molecule has 2 aromatic rings. The predicted molar refractivity (Wildman–Crippen MR) is 115 cm³/mol. The number of imide groups is 1. The Kier molecular flexibility index (Phi) is 6.69. The number of primary amides is 1. The normalized spacial score (nSPS) is 15.0. The number of rotatable bonds is 7. The SMILES string of the molecule is COc1cc(/C=C2\SC(=O)N(CC(N)=O)C2=O)cc(Cl)c1OCc1ccc(C)cc1. The molecule has 2 N–H and O–H groups in total. The number of methoxy groups -OCH3 is 1. The molecule has 3 rings (SSSR count). The first-order valence-electron chi connectivity index (χ1n) is 8.88. The van der Waals surface area contributed by atoms with E-state index in [0.717, 1.165) is 27.8 Å². The van der Waals surface area contributed by atoms with Gasteiger partial charge in [0, 0.05) is 0 Å².